The second-order valence-electron chi connectivity index (χ2n) is 23.5. The third-order valence-corrected chi connectivity index (χ3v) is 16.1. The average molecular weight is 1110 g/mol. The fraction of sp³-hybridized carbons (Fsp3) is 0.910. The standard InChI is InChI=1S/C67H127NO10/c1-3-5-7-9-11-13-15-16-27-30-34-37-41-45-49-53-60(70)59(58-77-67-66(75)65(74)64(73)61(57-69)78-67)68-62(71)54-50-46-42-38-35-31-28-25-23-21-19-17-18-20-22-24-26-29-32-36-40-44-48-52-56-76-63(72)55-51-47-43-39-33-14-12-10-8-6-4-2/h19,21,49,53,59-61,64-67,69-70,73-75H,3-18,20,22-48,50-52,54-58H2,1-2H3,(H,68,71)/b21-19-,53-49+. The van der Waals surface area contributed by atoms with E-state index in [0.29, 0.717) is 19.4 Å². The summed E-state index contributed by atoms with van der Waals surface area (Å²) in [5, 5.41) is 54.5. The summed E-state index contributed by atoms with van der Waals surface area (Å²) in [7, 11) is 0. The highest BCUT2D eigenvalue weighted by Crippen LogP contribution is 2.23. The van der Waals surface area contributed by atoms with Crippen LogP contribution in [0.4, 0.5) is 0 Å². The number of amides is 1. The molecule has 1 fully saturated rings. The predicted octanol–water partition coefficient (Wildman–Crippen LogP) is 16.5. The zero-order valence-electron chi connectivity index (χ0n) is 50.9. The van der Waals surface area contributed by atoms with Gasteiger partial charge in [-0.05, 0) is 57.8 Å². The van der Waals surface area contributed by atoms with Crippen LogP contribution in [0.3, 0.4) is 0 Å². The number of hydrogen-bond acceptors (Lipinski definition) is 10. The van der Waals surface area contributed by atoms with Gasteiger partial charge in [0.05, 0.1) is 32.0 Å². The normalized spacial score (nSPS) is 18.6. The molecule has 11 nitrogen and oxygen atoms in total. The summed E-state index contributed by atoms with van der Waals surface area (Å²) in [5.74, 6) is -0.182. The molecule has 0 saturated carbocycles. The van der Waals surface area contributed by atoms with Gasteiger partial charge < -0.3 is 45.1 Å². The third-order valence-electron chi connectivity index (χ3n) is 16.1. The Morgan fingerprint density at radius 3 is 1.23 bits per heavy atom. The van der Waals surface area contributed by atoms with E-state index in [9.17, 15) is 35.1 Å². The Balaban J connectivity index is 2.05. The third kappa shape index (κ3) is 45.7. The molecule has 1 aliphatic heterocycles. The van der Waals surface area contributed by atoms with Crippen LogP contribution in [-0.4, -0.2) is 100 Å². The molecule has 11 heteroatoms. The maximum atomic E-state index is 13.1. The van der Waals surface area contributed by atoms with Gasteiger partial charge in [0.2, 0.25) is 5.91 Å². The summed E-state index contributed by atoms with van der Waals surface area (Å²) in [5.41, 5.74) is 0. The first-order chi connectivity index (χ1) is 38.2. The van der Waals surface area contributed by atoms with Gasteiger partial charge in [0.1, 0.15) is 24.4 Å². The van der Waals surface area contributed by atoms with E-state index in [4.69, 9.17) is 14.2 Å². The van der Waals surface area contributed by atoms with Crippen LogP contribution in [0.1, 0.15) is 328 Å². The number of aliphatic hydroxyl groups is 5. The van der Waals surface area contributed by atoms with Crippen LogP contribution < -0.4 is 5.32 Å². The van der Waals surface area contributed by atoms with Crippen LogP contribution in [0.25, 0.3) is 0 Å². The highest BCUT2D eigenvalue weighted by Gasteiger charge is 2.44. The van der Waals surface area contributed by atoms with Crippen LogP contribution in [0, 0.1) is 0 Å². The molecule has 0 aliphatic carbocycles. The van der Waals surface area contributed by atoms with Gasteiger partial charge in [-0.25, -0.2) is 0 Å². The minimum Gasteiger partial charge on any atom is -0.466 e. The Kier molecular flexibility index (Phi) is 54.2. The molecule has 6 N–H and O–H groups in total. The van der Waals surface area contributed by atoms with Crippen molar-refractivity contribution in [3.63, 3.8) is 0 Å². The van der Waals surface area contributed by atoms with Crippen molar-refractivity contribution < 1.29 is 49.3 Å². The fourth-order valence-electron chi connectivity index (χ4n) is 10.7. The van der Waals surface area contributed by atoms with Crippen molar-refractivity contribution in [3.05, 3.63) is 24.3 Å². The Morgan fingerprint density at radius 2 is 0.821 bits per heavy atom. The summed E-state index contributed by atoms with van der Waals surface area (Å²) in [6.45, 7) is 4.37. The van der Waals surface area contributed by atoms with E-state index in [-0.39, 0.29) is 18.5 Å². The summed E-state index contributed by atoms with van der Waals surface area (Å²) >= 11 is 0. The van der Waals surface area contributed by atoms with Gasteiger partial charge in [-0.15, -0.1) is 0 Å². The number of carbonyl (C=O) groups is 2. The Morgan fingerprint density at radius 1 is 0.462 bits per heavy atom. The maximum absolute atomic E-state index is 13.1. The molecule has 1 saturated heterocycles. The molecule has 1 aliphatic rings. The van der Waals surface area contributed by atoms with Gasteiger partial charge in [0.25, 0.3) is 0 Å². The zero-order valence-corrected chi connectivity index (χ0v) is 50.9. The van der Waals surface area contributed by atoms with Crippen LogP contribution >= 0.6 is 0 Å². The molecule has 0 aromatic carbocycles. The number of hydrogen-bond donors (Lipinski definition) is 6. The molecular weight excluding hydrogens is 979 g/mol. The van der Waals surface area contributed by atoms with Gasteiger partial charge >= 0.3 is 5.97 Å². The highest BCUT2D eigenvalue weighted by atomic mass is 16.7. The molecule has 1 amide bonds. The first-order valence-electron chi connectivity index (χ1n) is 33.6. The van der Waals surface area contributed by atoms with E-state index < -0.39 is 49.5 Å². The van der Waals surface area contributed by atoms with Gasteiger partial charge in [0.15, 0.2) is 6.29 Å². The quantitative estimate of drug-likeness (QED) is 0.0195. The first kappa shape index (κ1) is 74.2. The smallest absolute Gasteiger partial charge is 0.305 e. The second kappa shape index (κ2) is 57.0. The van der Waals surface area contributed by atoms with E-state index in [0.717, 1.165) is 64.2 Å². The predicted molar refractivity (Wildman–Crippen MR) is 324 cm³/mol. The Labute approximate surface area is 480 Å². The van der Waals surface area contributed by atoms with Crippen molar-refractivity contribution in [3.8, 4) is 0 Å². The number of ether oxygens (including phenoxy) is 3. The monoisotopic (exact) mass is 1110 g/mol. The van der Waals surface area contributed by atoms with E-state index >= 15 is 0 Å². The average Bonchev–Trinajstić information content (AvgIpc) is 3.45. The largest absolute Gasteiger partial charge is 0.466 e. The molecule has 460 valence electrons. The molecule has 0 aromatic heterocycles. The summed E-state index contributed by atoms with van der Waals surface area (Å²) in [6, 6.07) is -0.813. The van der Waals surface area contributed by atoms with Crippen molar-refractivity contribution in [2.24, 2.45) is 0 Å². The number of nitrogens with one attached hydrogen (secondary N) is 1. The van der Waals surface area contributed by atoms with Crippen molar-refractivity contribution in [1.29, 1.82) is 0 Å². The molecule has 0 aromatic rings. The van der Waals surface area contributed by atoms with Crippen LogP contribution in [0.15, 0.2) is 24.3 Å². The van der Waals surface area contributed by atoms with E-state index in [1.165, 1.54) is 238 Å². The molecule has 1 rings (SSSR count). The molecular formula is C67H127NO10. The van der Waals surface area contributed by atoms with Crippen LogP contribution in [0.2, 0.25) is 0 Å². The van der Waals surface area contributed by atoms with Crippen LogP contribution in [0.5, 0.6) is 0 Å². The molecule has 0 radical (unpaired) electrons. The lowest BCUT2D eigenvalue weighted by molar-refractivity contribution is -0.302. The lowest BCUT2D eigenvalue weighted by Crippen LogP contribution is -2.60. The minimum atomic E-state index is -1.57. The minimum absolute atomic E-state index is 0.00156. The van der Waals surface area contributed by atoms with Crippen molar-refractivity contribution in [2.75, 3.05) is 19.8 Å². The van der Waals surface area contributed by atoms with Gasteiger partial charge in [-0.2, -0.15) is 0 Å². The molecule has 1 heterocycles. The van der Waals surface area contributed by atoms with Gasteiger partial charge in [-0.1, -0.05) is 282 Å². The lowest BCUT2D eigenvalue weighted by Gasteiger charge is -2.40. The number of carbonyl (C=O) groups excluding carboxylic acids is 2. The first-order valence-corrected chi connectivity index (χ1v) is 33.6. The van der Waals surface area contributed by atoms with Crippen molar-refractivity contribution in [2.45, 2.75) is 371 Å². The summed E-state index contributed by atoms with van der Waals surface area (Å²) < 4.78 is 16.7. The maximum Gasteiger partial charge on any atom is 0.305 e. The molecule has 7 unspecified atom stereocenters. The zero-order chi connectivity index (χ0) is 56.6. The number of aliphatic hydroxyl groups excluding tert-OH is 5. The van der Waals surface area contributed by atoms with Crippen molar-refractivity contribution in [1.82, 2.24) is 5.32 Å². The van der Waals surface area contributed by atoms with E-state index in [1.54, 1.807) is 6.08 Å². The highest BCUT2D eigenvalue weighted by molar-refractivity contribution is 5.76. The van der Waals surface area contributed by atoms with Crippen molar-refractivity contribution >= 4 is 11.9 Å². The van der Waals surface area contributed by atoms with Gasteiger partial charge in [0, 0.05) is 12.8 Å². The number of unbranched alkanes of at least 4 members (excludes halogenated alkanes) is 43. The van der Waals surface area contributed by atoms with E-state index in [2.05, 4.69) is 31.3 Å². The molecule has 7 atom stereocenters. The molecule has 78 heavy (non-hydrogen) atoms. The second-order valence-corrected chi connectivity index (χ2v) is 23.5. The topological polar surface area (TPSA) is 175 Å². The number of rotatable bonds is 59. The Bertz CT molecular complexity index is 1350. The lowest BCUT2D eigenvalue weighted by atomic mass is 9.99. The fourth-order valence-corrected chi connectivity index (χ4v) is 10.7. The van der Waals surface area contributed by atoms with E-state index in [1.807, 2.05) is 6.08 Å². The van der Waals surface area contributed by atoms with Crippen LogP contribution in [-0.2, 0) is 23.8 Å². The summed E-state index contributed by atoms with van der Waals surface area (Å²) in [4.78, 5) is 25.1. The molecule has 0 spiro atoms. The SMILES string of the molecule is CCCCCCCCCCCCCCC/C=C/C(O)C(COC1OC(CO)C(O)C(O)C1O)NC(=O)CCCCCCCCCC/C=C\CCCCCCCCCCCCCCOC(=O)CCCCCCCCCCCCC. The molecule has 0 bridgehead atoms. The number of allylic oxidation sites excluding steroid dienone is 3. The number of esters is 1. The Hall–Kier alpha value is -1.86. The summed E-state index contributed by atoms with van der Waals surface area (Å²) in [6.07, 6.45) is 59.9. The van der Waals surface area contributed by atoms with Gasteiger partial charge in [-0.3, -0.25) is 9.59 Å².